The summed E-state index contributed by atoms with van der Waals surface area (Å²) in [5.41, 5.74) is 1.32. The lowest BCUT2D eigenvalue weighted by Crippen LogP contribution is -2.61. The van der Waals surface area contributed by atoms with Crippen LogP contribution in [0.3, 0.4) is 0 Å². The summed E-state index contributed by atoms with van der Waals surface area (Å²) in [6, 6.07) is 10.0. The van der Waals surface area contributed by atoms with Gasteiger partial charge in [-0.2, -0.15) is 0 Å². The quantitative estimate of drug-likeness (QED) is 0.314. The van der Waals surface area contributed by atoms with Crippen molar-refractivity contribution in [1.29, 1.82) is 0 Å². The molecule has 0 saturated carbocycles. The van der Waals surface area contributed by atoms with Crippen LogP contribution in [-0.2, 0) is 30.4 Å². The Labute approximate surface area is 214 Å². The largest absolute Gasteiger partial charge is 0.459 e. The molecule has 0 bridgehead atoms. The fourth-order valence-electron chi connectivity index (χ4n) is 4.48. The number of nitrogens with zero attached hydrogens (tertiary/aromatic N) is 1. The van der Waals surface area contributed by atoms with Gasteiger partial charge in [0.05, 0.1) is 29.7 Å². The molecular weight excluding hydrogens is 480 g/mol. The predicted molar refractivity (Wildman–Crippen MR) is 130 cm³/mol. The first-order chi connectivity index (χ1) is 17.5. The van der Waals surface area contributed by atoms with E-state index in [-0.39, 0.29) is 35.9 Å². The Morgan fingerprint density at radius 1 is 1.19 bits per heavy atom. The third-order valence-corrected chi connectivity index (χ3v) is 6.39. The molecule has 1 fully saturated rings. The van der Waals surface area contributed by atoms with E-state index in [1.807, 2.05) is 12.1 Å². The molecule has 37 heavy (non-hydrogen) atoms. The molecule has 2 aromatic rings. The van der Waals surface area contributed by atoms with E-state index in [1.54, 1.807) is 52.0 Å². The van der Waals surface area contributed by atoms with Crippen molar-refractivity contribution >= 4 is 29.3 Å². The summed E-state index contributed by atoms with van der Waals surface area (Å²) in [6.07, 6.45) is 0.884. The highest BCUT2D eigenvalue weighted by Gasteiger charge is 2.57. The number of ether oxygens (including phenoxy) is 2. The van der Waals surface area contributed by atoms with E-state index in [0.717, 1.165) is 5.56 Å². The Bertz CT molecular complexity index is 1240. The number of hydrogen-bond donors (Lipinski definition) is 2. The van der Waals surface area contributed by atoms with Crippen molar-refractivity contribution < 1.29 is 38.2 Å². The monoisotopic (exact) mass is 510 g/mol. The van der Waals surface area contributed by atoms with Gasteiger partial charge in [0.1, 0.15) is 5.70 Å². The topological polar surface area (TPSA) is 135 Å². The second-order valence-corrected chi connectivity index (χ2v) is 10.2. The van der Waals surface area contributed by atoms with Crippen LogP contribution < -0.4 is 5.32 Å². The molecule has 1 aromatic carbocycles. The summed E-state index contributed by atoms with van der Waals surface area (Å²) in [6.45, 7) is 6.21. The fourth-order valence-corrected chi connectivity index (χ4v) is 4.48. The van der Waals surface area contributed by atoms with Crippen LogP contribution in [0, 0.1) is 11.3 Å². The molecule has 10 heteroatoms. The Morgan fingerprint density at radius 3 is 2.59 bits per heavy atom. The number of amides is 2. The molecule has 2 amide bonds. The molecule has 4 rings (SSSR count). The number of hydrogen-bond acceptors (Lipinski definition) is 8. The highest BCUT2D eigenvalue weighted by Crippen LogP contribution is 2.47. The van der Waals surface area contributed by atoms with Crippen molar-refractivity contribution in [2.45, 2.75) is 52.8 Å². The van der Waals surface area contributed by atoms with Crippen LogP contribution in [0.2, 0.25) is 0 Å². The second-order valence-electron chi connectivity index (χ2n) is 10.2. The minimum Gasteiger partial charge on any atom is -0.459 e. The van der Waals surface area contributed by atoms with E-state index in [0.29, 0.717) is 17.6 Å². The third kappa shape index (κ3) is 5.29. The highest BCUT2D eigenvalue weighted by molar-refractivity contribution is 6.06. The normalized spacial score (nSPS) is 19.7. The maximum atomic E-state index is 13.1. The molecule has 10 nitrogen and oxygen atoms in total. The molecule has 3 heterocycles. The SMILES string of the molecule is C[C@@H](O)[C@H]1C(=O)N2C(C(=O)OCOC(=O)C(C)(C)C)=C(c3cccc(CNC(=O)c4ccco4)c3)C[C@H]12. The summed E-state index contributed by atoms with van der Waals surface area (Å²) in [5, 5.41) is 12.9. The lowest BCUT2D eigenvalue weighted by molar-refractivity contribution is -0.175. The van der Waals surface area contributed by atoms with Gasteiger partial charge in [-0.3, -0.25) is 14.4 Å². The number of furan rings is 1. The fraction of sp³-hybridized carbons (Fsp3) is 0.407. The van der Waals surface area contributed by atoms with Gasteiger partial charge >= 0.3 is 11.9 Å². The van der Waals surface area contributed by atoms with Crippen molar-refractivity contribution in [3.05, 3.63) is 65.2 Å². The number of esters is 2. The number of aliphatic hydroxyl groups is 1. The Balaban J connectivity index is 1.55. The van der Waals surface area contributed by atoms with Gasteiger partial charge in [0.15, 0.2) is 5.76 Å². The number of benzene rings is 1. The van der Waals surface area contributed by atoms with Gasteiger partial charge in [-0.05, 0) is 69.0 Å². The van der Waals surface area contributed by atoms with Crippen LogP contribution in [-0.4, -0.2) is 52.7 Å². The average Bonchev–Trinajstić information content (AvgIpc) is 3.48. The van der Waals surface area contributed by atoms with E-state index in [1.165, 1.54) is 11.2 Å². The van der Waals surface area contributed by atoms with E-state index in [2.05, 4.69) is 5.32 Å². The van der Waals surface area contributed by atoms with E-state index >= 15 is 0 Å². The van der Waals surface area contributed by atoms with Gasteiger partial charge < -0.3 is 29.2 Å². The maximum absolute atomic E-state index is 13.1. The number of carbonyl (C=O) groups is 4. The molecule has 2 aliphatic heterocycles. The van der Waals surface area contributed by atoms with Crippen molar-refractivity contribution in [2.75, 3.05) is 6.79 Å². The van der Waals surface area contributed by atoms with Crippen molar-refractivity contribution in [3.63, 3.8) is 0 Å². The summed E-state index contributed by atoms with van der Waals surface area (Å²) in [4.78, 5) is 51.5. The molecule has 0 spiro atoms. The predicted octanol–water partition coefficient (Wildman–Crippen LogP) is 2.62. The Morgan fingerprint density at radius 2 is 1.95 bits per heavy atom. The summed E-state index contributed by atoms with van der Waals surface area (Å²) in [7, 11) is 0. The Kier molecular flexibility index (Phi) is 7.22. The molecule has 0 unspecified atom stereocenters. The first-order valence-corrected chi connectivity index (χ1v) is 12.0. The lowest BCUT2D eigenvalue weighted by Gasteiger charge is -2.44. The molecule has 1 saturated heterocycles. The zero-order chi connectivity index (χ0) is 26.9. The number of nitrogens with one attached hydrogen (secondary N) is 1. The lowest BCUT2D eigenvalue weighted by atomic mass is 9.82. The van der Waals surface area contributed by atoms with Crippen LogP contribution in [0.4, 0.5) is 0 Å². The molecule has 0 radical (unpaired) electrons. The van der Waals surface area contributed by atoms with Gasteiger partial charge in [0, 0.05) is 6.54 Å². The average molecular weight is 511 g/mol. The van der Waals surface area contributed by atoms with Gasteiger partial charge in [-0.1, -0.05) is 18.2 Å². The zero-order valence-electron chi connectivity index (χ0n) is 21.1. The van der Waals surface area contributed by atoms with Gasteiger partial charge in [-0.25, -0.2) is 4.79 Å². The zero-order valence-corrected chi connectivity index (χ0v) is 21.1. The molecule has 2 N–H and O–H groups in total. The number of carbonyl (C=O) groups excluding carboxylic acids is 4. The van der Waals surface area contributed by atoms with Gasteiger partial charge in [0.2, 0.25) is 12.7 Å². The molecule has 2 aliphatic rings. The van der Waals surface area contributed by atoms with Crippen molar-refractivity contribution in [1.82, 2.24) is 10.2 Å². The third-order valence-electron chi connectivity index (χ3n) is 6.39. The van der Waals surface area contributed by atoms with Gasteiger partial charge in [0.25, 0.3) is 5.91 Å². The smallest absolute Gasteiger partial charge is 0.358 e. The number of β-lactam (4-membered cyclic amide) rings is 1. The van der Waals surface area contributed by atoms with Crippen LogP contribution in [0.5, 0.6) is 0 Å². The van der Waals surface area contributed by atoms with Crippen LogP contribution in [0.1, 0.15) is 55.8 Å². The van der Waals surface area contributed by atoms with Gasteiger partial charge in [-0.15, -0.1) is 0 Å². The number of fused-ring (bicyclic) bond motifs is 1. The number of rotatable bonds is 8. The standard InChI is InChI=1S/C27H30N2O8/c1-15(30)21-19-12-18(17-8-5-7-16(11-17)13-28-23(31)20-9-6-10-35-20)22(29(19)24(21)32)25(33)36-14-37-26(34)27(2,3)4/h5-11,15,19,21,30H,12-14H2,1-4H3,(H,28,31)/t15-,19-,21-/m1/s1. The first-order valence-electron chi connectivity index (χ1n) is 12.0. The number of aliphatic hydroxyl groups excluding tert-OH is 1. The summed E-state index contributed by atoms with van der Waals surface area (Å²) >= 11 is 0. The molecule has 3 atom stereocenters. The molecule has 1 aromatic heterocycles. The van der Waals surface area contributed by atoms with Crippen molar-refractivity contribution in [2.24, 2.45) is 11.3 Å². The van der Waals surface area contributed by atoms with Crippen LogP contribution in [0.25, 0.3) is 5.57 Å². The van der Waals surface area contributed by atoms with E-state index < -0.39 is 36.2 Å². The molecule has 196 valence electrons. The van der Waals surface area contributed by atoms with Crippen molar-refractivity contribution in [3.8, 4) is 0 Å². The Hall–Kier alpha value is -3.92. The van der Waals surface area contributed by atoms with Crippen LogP contribution >= 0.6 is 0 Å². The first kappa shape index (κ1) is 26.2. The van der Waals surface area contributed by atoms with Crippen LogP contribution in [0.15, 0.2) is 52.8 Å². The second kappa shape index (κ2) is 10.2. The summed E-state index contributed by atoms with van der Waals surface area (Å²) in [5.74, 6) is -2.49. The minimum atomic E-state index is -0.874. The summed E-state index contributed by atoms with van der Waals surface area (Å²) < 4.78 is 15.4. The molecule has 0 aliphatic carbocycles. The minimum absolute atomic E-state index is 0.0653. The van der Waals surface area contributed by atoms with E-state index in [9.17, 15) is 24.3 Å². The molecular formula is C27H30N2O8. The maximum Gasteiger partial charge on any atom is 0.358 e. The van der Waals surface area contributed by atoms with E-state index in [4.69, 9.17) is 13.9 Å². The highest BCUT2D eigenvalue weighted by atomic mass is 16.7.